The average molecular weight is 297 g/mol. The topological polar surface area (TPSA) is 56.1 Å². The van der Waals surface area contributed by atoms with E-state index in [1.165, 1.54) is 0 Å². The molecule has 0 saturated heterocycles. The Hall–Kier alpha value is -2.47. The molecule has 6 nitrogen and oxygen atoms in total. The molecule has 0 aliphatic heterocycles. The van der Waals surface area contributed by atoms with Crippen molar-refractivity contribution in [2.24, 2.45) is 0 Å². The van der Waals surface area contributed by atoms with E-state index in [2.05, 4.69) is 20.0 Å². The monoisotopic (exact) mass is 297 g/mol. The number of fused-ring (bicyclic) bond motifs is 1. The third-order valence-corrected chi connectivity index (χ3v) is 3.48. The van der Waals surface area contributed by atoms with Crippen LogP contribution in [0.25, 0.3) is 16.7 Å². The smallest absolute Gasteiger partial charge is 0.168 e. The van der Waals surface area contributed by atoms with Gasteiger partial charge in [0.05, 0.1) is 23.9 Å². The molecule has 0 N–H and O–H groups in total. The van der Waals surface area contributed by atoms with Gasteiger partial charge >= 0.3 is 0 Å². The highest BCUT2D eigenvalue weighted by molar-refractivity contribution is 5.87. The zero-order valence-corrected chi connectivity index (χ0v) is 12.8. The van der Waals surface area contributed by atoms with E-state index in [1.807, 2.05) is 55.2 Å². The molecule has 0 aliphatic rings. The highest BCUT2D eigenvalue weighted by atomic mass is 16.5. The number of hydrogen-bond donors (Lipinski definition) is 0. The molecule has 0 fully saturated rings. The number of para-hydroxylation sites is 1. The minimum Gasteiger partial charge on any atom is -0.380 e. The van der Waals surface area contributed by atoms with Crippen molar-refractivity contribution in [1.82, 2.24) is 19.7 Å². The number of benzene rings is 1. The van der Waals surface area contributed by atoms with Crippen LogP contribution in [0.4, 0.5) is 5.82 Å². The Bertz CT molecular complexity index is 741. The van der Waals surface area contributed by atoms with Crippen LogP contribution in [0.15, 0.2) is 42.9 Å². The molecular formula is C16H19N5O. The van der Waals surface area contributed by atoms with Crippen LogP contribution in [0.3, 0.4) is 0 Å². The summed E-state index contributed by atoms with van der Waals surface area (Å²) in [5.41, 5.74) is 1.79. The lowest BCUT2D eigenvalue weighted by Crippen LogP contribution is -2.23. The summed E-state index contributed by atoms with van der Waals surface area (Å²) >= 11 is 0. The SMILES string of the molecule is CCOCCN(C)c1ncnc2c1cnn2-c1ccccc1. The molecule has 3 aromatic rings. The Morgan fingerprint density at radius 1 is 1.18 bits per heavy atom. The first-order valence-electron chi connectivity index (χ1n) is 7.34. The van der Waals surface area contributed by atoms with Gasteiger partial charge in [0.15, 0.2) is 5.65 Å². The zero-order chi connectivity index (χ0) is 15.4. The summed E-state index contributed by atoms with van der Waals surface area (Å²) in [7, 11) is 2.00. The summed E-state index contributed by atoms with van der Waals surface area (Å²) < 4.78 is 7.24. The van der Waals surface area contributed by atoms with E-state index < -0.39 is 0 Å². The van der Waals surface area contributed by atoms with Crippen molar-refractivity contribution in [3.05, 3.63) is 42.9 Å². The van der Waals surface area contributed by atoms with Gasteiger partial charge in [0.25, 0.3) is 0 Å². The quantitative estimate of drug-likeness (QED) is 0.653. The van der Waals surface area contributed by atoms with Crippen molar-refractivity contribution < 1.29 is 4.74 Å². The van der Waals surface area contributed by atoms with Gasteiger partial charge in [0.1, 0.15) is 12.1 Å². The van der Waals surface area contributed by atoms with Gasteiger partial charge in [-0.25, -0.2) is 14.6 Å². The number of aromatic nitrogens is 4. The summed E-state index contributed by atoms with van der Waals surface area (Å²) in [6, 6.07) is 9.97. The van der Waals surface area contributed by atoms with Gasteiger partial charge in [-0.2, -0.15) is 5.10 Å². The molecule has 114 valence electrons. The van der Waals surface area contributed by atoms with Crippen molar-refractivity contribution in [3.8, 4) is 5.69 Å². The van der Waals surface area contributed by atoms with E-state index in [-0.39, 0.29) is 0 Å². The largest absolute Gasteiger partial charge is 0.380 e. The van der Waals surface area contributed by atoms with E-state index in [9.17, 15) is 0 Å². The number of hydrogen-bond acceptors (Lipinski definition) is 5. The number of likely N-dealkylation sites (N-methyl/N-ethyl adjacent to an activating group) is 1. The van der Waals surface area contributed by atoms with Crippen LogP contribution in [0.2, 0.25) is 0 Å². The molecule has 0 amide bonds. The van der Waals surface area contributed by atoms with Crippen LogP contribution >= 0.6 is 0 Å². The molecule has 2 heterocycles. The second kappa shape index (κ2) is 6.53. The second-order valence-electron chi connectivity index (χ2n) is 4.94. The van der Waals surface area contributed by atoms with Crippen LogP contribution < -0.4 is 4.90 Å². The van der Waals surface area contributed by atoms with Gasteiger partial charge in [-0.3, -0.25) is 0 Å². The predicted octanol–water partition coefficient (Wildman–Crippen LogP) is 2.29. The first-order valence-corrected chi connectivity index (χ1v) is 7.34. The molecule has 0 aliphatic carbocycles. The first-order chi connectivity index (χ1) is 10.8. The standard InChI is InChI=1S/C16H19N5O/c1-3-22-10-9-20(2)15-14-11-19-21(16(14)18-12-17-15)13-7-5-4-6-8-13/h4-8,11-12H,3,9-10H2,1-2H3. The molecule has 1 aromatic carbocycles. The maximum atomic E-state index is 5.41. The molecule has 6 heteroatoms. The van der Waals surface area contributed by atoms with Gasteiger partial charge in [-0.05, 0) is 19.1 Å². The summed E-state index contributed by atoms with van der Waals surface area (Å²) in [5.74, 6) is 0.867. The lowest BCUT2D eigenvalue weighted by atomic mass is 10.3. The third kappa shape index (κ3) is 2.78. The average Bonchev–Trinajstić information content (AvgIpc) is 2.99. The Kier molecular flexibility index (Phi) is 4.29. The lowest BCUT2D eigenvalue weighted by molar-refractivity contribution is 0.154. The van der Waals surface area contributed by atoms with E-state index in [4.69, 9.17) is 4.74 Å². The third-order valence-electron chi connectivity index (χ3n) is 3.48. The molecular weight excluding hydrogens is 278 g/mol. The van der Waals surface area contributed by atoms with Crippen LogP contribution in [-0.4, -0.2) is 46.6 Å². The Morgan fingerprint density at radius 2 is 2.00 bits per heavy atom. The van der Waals surface area contributed by atoms with Gasteiger partial charge < -0.3 is 9.64 Å². The first kappa shape index (κ1) is 14.5. The molecule has 2 aromatic heterocycles. The molecule has 0 atom stereocenters. The minimum absolute atomic E-state index is 0.672. The fraction of sp³-hybridized carbons (Fsp3) is 0.312. The molecule has 0 unspecified atom stereocenters. The van der Waals surface area contributed by atoms with Crippen LogP contribution in [0.1, 0.15) is 6.92 Å². The normalized spacial score (nSPS) is 11.0. The summed E-state index contributed by atoms with van der Waals surface area (Å²) in [5, 5.41) is 5.40. The van der Waals surface area contributed by atoms with Crippen molar-refractivity contribution in [2.45, 2.75) is 6.92 Å². The second-order valence-corrected chi connectivity index (χ2v) is 4.94. The van der Waals surface area contributed by atoms with Crippen LogP contribution in [0.5, 0.6) is 0 Å². The Balaban J connectivity index is 1.95. The van der Waals surface area contributed by atoms with Crippen LogP contribution in [0, 0.1) is 0 Å². The molecule has 0 spiro atoms. The van der Waals surface area contributed by atoms with Gasteiger partial charge in [-0.1, -0.05) is 18.2 Å². The fourth-order valence-electron chi connectivity index (χ4n) is 2.35. The maximum absolute atomic E-state index is 5.41. The highest BCUT2D eigenvalue weighted by Crippen LogP contribution is 2.23. The van der Waals surface area contributed by atoms with Gasteiger partial charge in [-0.15, -0.1) is 0 Å². The zero-order valence-electron chi connectivity index (χ0n) is 12.8. The fourth-order valence-corrected chi connectivity index (χ4v) is 2.35. The highest BCUT2D eigenvalue weighted by Gasteiger charge is 2.13. The summed E-state index contributed by atoms with van der Waals surface area (Å²) in [4.78, 5) is 10.9. The van der Waals surface area contributed by atoms with Gasteiger partial charge in [0.2, 0.25) is 0 Å². The number of nitrogens with zero attached hydrogens (tertiary/aromatic N) is 5. The number of ether oxygens (including phenoxy) is 1. The van der Waals surface area contributed by atoms with E-state index in [0.29, 0.717) is 6.61 Å². The molecule has 22 heavy (non-hydrogen) atoms. The van der Waals surface area contributed by atoms with E-state index >= 15 is 0 Å². The van der Waals surface area contributed by atoms with E-state index in [0.717, 1.165) is 35.7 Å². The minimum atomic E-state index is 0.672. The molecule has 0 radical (unpaired) electrons. The predicted molar refractivity (Wildman–Crippen MR) is 86.4 cm³/mol. The summed E-state index contributed by atoms with van der Waals surface area (Å²) in [6.45, 7) is 4.16. The number of anilines is 1. The van der Waals surface area contributed by atoms with Crippen molar-refractivity contribution in [2.75, 3.05) is 31.7 Å². The molecule has 0 bridgehead atoms. The van der Waals surface area contributed by atoms with Gasteiger partial charge in [0, 0.05) is 20.2 Å². The lowest BCUT2D eigenvalue weighted by Gasteiger charge is -2.18. The van der Waals surface area contributed by atoms with E-state index in [1.54, 1.807) is 6.33 Å². The van der Waals surface area contributed by atoms with Crippen molar-refractivity contribution >= 4 is 16.9 Å². The Morgan fingerprint density at radius 3 is 2.77 bits per heavy atom. The summed E-state index contributed by atoms with van der Waals surface area (Å²) in [6.07, 6.45) is 3.39. The number of rotatable bonds is 6. The Labute approximate surface area is 129 Å². The van der Waals surface area contributed by atoms with Crippen LogP contribution in [-0.2, 0) is 4.74 Å². The molecule has 0 saturated carbocycles. The van der Waals surface area contributed by atoms with Crippen molar-refractivity contribution in [3.63, 3.8) is 0 Å². The van der Waals surface area contributed by atoms with Crippen molar-refractivity contribution in [1.29, 1.82) is 0 Å². The molecule has 3 rings (SSSR count). The maximum Gasteiger partial charge on any atom is 0.168 e.